The zero-order valence-electron chi connectivity index (χ0n) is 20.4. The molecule has 0 amide bonds. The summed E-state index contributed by atoms with van der Waals surface area (Å²) in [6.45, 7) is 0. The molecule has 10 aliphatic heterocycles. The Balaban J connectivity index is 1.12. The van der Waals surface area contributed by atoms with Crippen molar-refractivity contribution < 1.29 is 7.72 Å². The standard InChI is InChI=1S/2C17H14P.Ru/c2*1-3-9-15(10-4-1)18(17-13-7-8-14-17)16-11-5-2-6-12-16;/h2*1-14H;. The summed E-state index contributed by atoms with van der Waals surface area (Å²) in [6, 6.07) is 48.0. The van der Waals surface area contributed by atoms with Gasteiger partial charge in [-0.15, -0.1) is 0 Å². The van der Waals surface area contributed by atoms with E-state index in [-0.39, 0.29) is 15.8 Å². The van der Waals surface area contributed by atoms with Gasteiger partial charge in [0.15, 0.2) is 0 Å². The fourth-order valence-electron chi connectivity index (χ4n) is 20.9. The van der Waals surface area contributed by atoms with E-state index in [4.69, 9.17) is 0 Å². The van der Waals surface area contributed by atoms with Crippen LogP contribution >= 0.6 is 15.8 Å². The van der Waals surface area contributed by atoms with Crippen molar-refractivity contribution >= 4 is 37.1 Å². The molecule has 0 aromatic heterocycles. The first-order valence-electron chi connectivity index (χ1n) is 14.1. The molecule has 0 saturated carbocycles. The van der Waals surface area contributed by atoms with Crippen LogP contribution in [0.2, 0.25) is 36.1 Å². The molecule has 10 heterocycles. The van der Waals surface area contributed by atoms with Gasteiger partial charge in [0.1, 0.15) is 0 Å². The van der Waals surface area contributed by atoms with Crippen molar-refractivity contribution in [3.05, 3.63) is 121 Å². The molecule has 8 unspecified atom stereocenters. The molecule has 14 rings (SSSR count). The molecule has 1 spiro atoms. The van der Waals surface area contributed by atoms with Gasteiger partial charge in [0.2, 0.25) is 0 Å². The SMILES string of the molecule is c1ccc(P(c2ccccc2)[C]23[CH]4[CH]5[CH]6[CH]2[Ru]56432789[CH]3[CH]2[CH]7[C]8(P(c2ccccc2)c2ccccc2)[CH]39)cc1. The van der Waals surface area contributed by atoms with Crippen LogP contribution in [0.5, 0.6) is 0 Å². The summed E-state index contributed by atoms with van der Waals surface area (Å²) in [5.41, 5.74) is 0. The number of fused-ring (bicyclic) bond motifs is 10. The van der Waals surface area contributed by atoms with E-state index in [1.165, 1.54) is 36.1 Å². The zero-order valence-corrected chi connectivity index (χ0v) is 23.9. The number of rotatable bonds is 6. The summed E-state index contributed by atoms with van der Waals surface area (Å²) in [5.74, 6) is 0. The van der Waals surface area contributed by atoms with E-state index < -0.39 is 7.72 Å². The van der Waals surface area contributed by atoms with Crippen molar-refractivity contribution in [2.45, 2.75) is 43.6 Å². The third-order valence-corrected chi connectivity index (χ3v) is 104. The molecule has 182 valence electrons. The van der Waals surface area contributed by atoms with Crippen molar-refractivity contribution in [3.63, 3.8) is 0 Å². The second kappa shape index (κ2) is 2.78. The molecule has 0 aliphatic carbocycles. The van der Waals surface area contributed by atoms with Crippen LogP contribution < -0.4 is 21.2 Å². The Morgan fingerprint density at radius 2 is 0.622 bits per heavy atom. The summed E-state index contributed by atoms with van der Waals surface area (Å²) >= 11 is 0. The molecule has 3 heteroatoms. The van der Waals surface area contributed by atoms with Gasteiger partial charge in [0.25, 0.3) is 0 Å². The maximum atomic E-state index is 2.54. The normalized spacial score (nSPS) is 63.1. The molecule has 10 fully saturated rings. The molecule has 10 aliphatic rings. The van der Waals surface area contributed by atoms with Crippen LogP contribution in [0.25, 0.3) is 0 Å². The zero-order chi connectivity index (χ0) is 23.5. The van der Waals surface area contributed by atoms with Crippen LogP contribution in [0.3, 0.4) is 0 Å². The van der Waals surface area contributed by atoms with Gasteiger partial charge in [-0.3, -0.25) is 0 Å². The number of hydrogen-bond donors (Lipinski definition) is 0. The van der Waals surface area contributed by atoms with E-state index in [9.17, 15) is 0 Å². The Bertz CT molecular complexity index is 1910. The Labute approximate surface area is 208 Å². The fourth-order valence-corrected chi connectivity index (χ4v) is 196. The third-order valence-electron chi connectivity index (χ3n) is 19.4. The minimum absolute atomic E-state index is 0.244. The summed E-state index contributed by atoms with van der Waals surface area (Å²) in [6.07, 6.45) is 0. The van der Waals surface area contributed by atoms with E-state index >= 15 is 0 Å². The van der Waals surface area contributed by atoms with Gasteiger partial charge < -0.3 is 0 Å². The number of benzene rings is 4. The second-order valence-corrected chi connectivity index (χ2v) is 58.4. The fraction of sp³-hybridized carbons (Fsp3) is 0.294. The summed E-state index contributed by atoms with van der Waals surface area (Å²) < 4.78 is 11.9. The van der Waals surface area contributed by atoms with Crippen LogP contribution in [0.15, 0.2) is 121 Å². The Morgan fingerprint density at radius 3 is 0.838 bits per heavy atom. The predicted molar refractivity (Wildman–Crippen MR) is 154 cm³/mol. The van der Waals surface area contributed by atoms with Crippen LogP contribution in [0.1, 0.15) is 0 Å². The second-order valence-electron chi connectivity index (χ2n) is 15.7. The average molecular weight is 600 g/mol. The van der Waals surface area contributed by atoms with Crippen LogP contribution in [-0.2, 0) is 7.72 Å². The molecule has 37 heavy (non-hydrogen) atoms. The number of hydrogen-bond acceptors (Lipinski definition) is 0. The Hall–Kier alpha value is -1.64. The minimum atomic E-state index is -4.15. The molecule has 0 N–H and O–H groups in total. The van der Waals surface area contributed by atoms with Crippen LogP contribution in [0, 0.1) is 0 Å². The third kappa shape index (κ3) is 0.445. The topological polar surface area (TPSA) is 0 Å². The molecule has 0 radical (unpaired) electrons. The summed E-state index contributed by atoms with van der Waals surface area (Å²) in [5, 5.41) is 6.89. The van der Waals surface area contributed by atoms with Crippen molar-refractivity contribution in [1.82, 2.24) is 0 Å². The van der Waals surface area contributed by atoms with Crippen molar-refractivity contribution in [2.75, 3.05) is 0 Å². The molecule has 10 saturated heterocycles. The molecule has 4 aromatic rings. The summed E-state index contributed by atoms with van der Waals surface area (Å²) in [4.78, 5) is 0. The van der Waals surface area contributed by atoms with Gasteiger partial charge in [-0.1, -0.05) is 0 Å². The molecular formula is C34H28P2Ru. The predicted octanol–water partition coefficient (Wildman–Crippen LogP) is 7.46. The van der Waals surface area contributed by atoms with Crippen LogP contribution in [-0.4, -0.2) is 7.50 Å². The van der Waals surface area contributed by atoms with Gasteiger partial charge in [0.05, 0.1) is 0 Å². The summed E-state index contributed by atoms with van der Waals surface area (Å²) in [7, 11) is -4.64. The Morgan fingerprint density at radius 1 is 0.378 bits per heavy atom. The molecular weight excluding hydrogens is 571 g/mol. The molecule has 0 nitrogen and oxygen atoms in total. The average Bonchev–Trinajstić information content (AvgIpc) is 3.92. The van der Waals surface area contributed by atoms with E-state index in [0.717, 1.165) is 7.50 Å². The first-order valence-corrected chi connectivity index (χ1v) is 26.6. The van der Waals surface area contributed by atoms with Gasteiger partial charge in [0, 0.05) is 0 Å². The quantitative estimate of drug-likeness (QED) is 0.160. The molecule has 0 bridgehead atoms. The van der Waals surface area contributed by atoms with Crippen molar-refractivity contribution in [2.24, 2.45) is 0 Å². The first kappa shape index (κ1) is 17.9. The van der Waals surface area contributed by atoms with E-state index in [2.05, 4.69) is 121 Å². The maximum absolute atomic E-state index is 4.15. The van der Waals surface area contributed by atoms with E-state index in [0.29, 0.717) is 0 Å². The van der Waals surface area contributed by atoms with Gasteiger partial charge in [-0.05, 0) is 0 Å². The van der Waals surface area contributed by atoms with Gasteiger partial charge >= 0.3 is 210 Å². The van der Waals surface area contributed by atoms with Crippen molar-refractivity contribution in [1.29, 1.82) is 0 Å². The van der Waals surface area contributed by atoms with Crippen molar-refractivity contribution in [3.8, 4) is 0 Å². The van der Waals surface area contributed by atoms with Crippen LogP contribution in [0.4, 0.5) is 0 Å². The molecule has 8 atom stereocenters. The molecule has 4 aromatic carbocycles. The Kier molecular flexibility index (Phi) is 1.34. The monoisotopic (exact) mass is 600 g/mol. The van der Waals surface area contributed by atoms with Gasteiger partial charge in [-0.25, -0.2) is 0 Å². The van der Waals surface area contributed by atoms with E-state index in [1.54, 1.807) is 21.2 Å². The van der Waals surface area contributed by atoms with E-state index in [1.807, 2.05) is 0 Å². The first-order chi connectivity index (χ1) is 18.1. The van der Waals surface area contributed by atoms with Gasteiger partial charge in [-0.2, -0.15) is 0 Å².